The Hall–Kier alpha value is -1.09. The molecule has 20 heavy (non-hydrogen) atoms. The first-order chi connectivity index (χ1) is 9.65. The highest BCUT2D eigenvalue weighted by molar-refractivity contribution is 9.10. The van der Waals surface area contributed by atoms with Crippen molar-refractivity contribution in [1.82, 2.24) is 10.2 Å². The third-order valence-electron chi connectivity index (χ3n) is 3.30. The number of nitriles is 1. The van der Waals surface area contributed by atoms with Crippen LogP contribution < -0.4 is 10.1 Å². The standard InChI is InChI=1S/C15H22BrN3O/c1-4-19(5-2)9-8-18-14(11-17)13-10-12(16)6-7-15(13)20-3/h6-7,10,14,18H,4-5,8-9H2,1-3H3. The molecule has 5 heteroatoms. The van der Waals surface area contributed by atoms with Crippen LogP contribution in [0.3, 0.4) is 0 Å². The van der Waals surface area contributed by atoms with Gasteiger partial charge in [-0.3, -0.25) is 5.32 Å². The molecular weight excluding hydrogens is 318 g/mol. The van der Waals surface area contributed by atoms with Crippen LogP contribution in [0.15, 0.2) is 22.7 Å². The van der Waals surface area contributed by atoms with Crippen LogP contribution in [0.2, 0.25) is 0 Å². The Morgan fingerprint density at radius 3 is 2.65 bits per heavy atom. The van der Waals surface area contributed by atoms with Crippen molar-refractivity contribution >= 4 is 15.9 Å². The molecule has 1 rings (SSSR count). The second-order valence-electron chi connectivity index (χ2n) is 4.43. The Labute approximate surface area is 129 Å². The molecule has 4 nitrogen and oxygen atoms in total. The molecule has 1 aromatic carbocycles. The Bertz CT molecular complexity index is 455. The number of benzene rings is 1. The van der Waals surface area contributed by atoms with Crippen LogP contribution in [0.5, 0.6) is 5.75 Å². The number of methoxy groups -OCH3 is 1. The number of hydrogen-bond donors (Lipinski definition) is 1. The Morgan fingerprint density at radius 1 is 1.40 bits per heavy atom. The summed E-state index contributed by atoms with van der Waals surface area (Å²) in [6.07, 6.45) is 0. The molecule has 0 saturated heterocycles. The van der Waals surface area contributed by atoms with Crippen LogP contribution >= 0.6 is 15.9 Å². The van der Waals surface area contributed by atoms with E-state index in [9.17, 15) is 5.26 Å². The van der Waals surface area contributed by atoms with Gasteiger partial charge in [-0.1, -0.05) is 29.8 Å². The summed E-state index contributed by atoms with van der Waals surface area (Å²) in [5, 5.41) is 12.7. The van der Waals surface area contributed by atoms with E-state index in [2.05, 4.69) is 46.1 Å². The van der Waals surface area contributed by atoms with E-state index in [1.165, 1.54) is 0 Å². The number of likely N-dealkylation sites (N-methyl/N-ethyl adjacent to an activating group) is 1. The fraction of sp³-hybridized carbons (Fsp3) is 0.533. The predicted octanol–water partition coefficient (Wildman–Crippen LogP) is 2.95. The molecule has 0 fully saturated rings. The van der Waals surface area contributed by atoms with Gasteiger partial charge in [0, 0.05) is 23.1 Å². The molecule has 0 heterocycles. The third-order valence-corrected chi connectivity index (χ3v) is 3.80. The van der Waals surface area contributed by atoms with Crippen LogP contribution in [0.1, 0.15) is 25.5 Å². The Kier molecular flexibility index (Phi) is 7.60. The van der Waals surface area contributed by atoms with Crippen LogP contribution in [0, 0.1) is 11.3 Å². The number of halogens is 1. The van der Waals surface area contributed by atoms with Crippen LogP contribution in [-0.2, 0) is 0 Å². The highest BCUT2D eigenvalue weighted by Crippen LogP contribution is 2.28. The van der Waals surface area contributed by atoms with Gasteiger partial charge in [-0.15, -0.1) is 0 Å². The van der Waals surface area contributed by atoms with Crippen LogP contribution in [0.4, 0.5) is 0 Å². The van der Waals surface area contributed by atoms with E-state index < -0.39 is 0 Å². The number of nitrogens with one attached hydrogen (secondary N) is 1. The lowest BCUT2D eigenvalue weighted by atomic mass is 10.1. The molecule has 0 aliphatic rings. The van der Waals surface area contributed by atoms with E-state index in [0.717, 1.165) is 42.0 Å². The molecule has 1 atom stereocenters. The molecule has 1 unspecified atom stereocenters. The molecule has 0 amide bonds. The Morgan fingerprint density at radius 2 is 2.10 bits per heavy atom. The lowest BCUT2D eigenvalue weighted by Gasteiger charge is -2.20. The number of nitrogens with zero attached hydrogens (tertiary/aromatic N) is 2. The summed E-state index contributed by atoms with van der Waals surface area (Å²) in [6, 6.07) is 7.64. The molecule has 0 radical (unpaired) electrons. The fourth-order valence-electron chi connectivity index (χ4n) is 2.06. The van der Waals surface area contributed by atoms with Crippen molar-refractivity contribution in [3.63, 3.8) is 0 Å². The van der Waals surface area contributed by atoms with Gasteiger partial charge in [0.15, 0.2) is 0 Å². The first kappa shape index (κ1) is 17.0. The molecule has 0 aliphatic carbocycles. The van der Waals surface area contributed by atoms with E-state index in [1.807, 2.05) is 18.2 Å². The normalized spacial score (nSPS) is 12.2. The predicted molar refractivity (Wildman–Crippen MR) is 84.8 cm³/mol. The second-order valence-corrected chi connectivity index (χ2v) is 5.35. The fourth-order valence-corrected chi connectivity index (χ4v) is 2.44. The van der Waals surface area contributed by atoms with E-state index in [1.54, 1.807) is 7.11 Å². The van der Waals surface area contributed by atoms with Crippen molar-refractivity contribution in [2.24, 2.45) is 0 Å². The minimum Gasteiger partial charge on any atom is -0.496 e. The van der Waals surface area contributed by atoms with Gasteiger partial charge in [0.1, 0.15) is 11.8 Å². The zero-order valence-corrected chi connectivity index (χ0v) is 13.9. The summed E-state index contributed by atoms with van der Waals surface area (Å²) in [5.41, 5.74) is 0.865. The van der Waals surface area contributed by atoms with Gasteiger partial charge in [-0.2, -0.15) is 5.26 Å². The summed E-state index contributed by atoms with van der Waals surface area (Å²) >= 11 is 3.44. The topological polar surface area (TPSA) is 48.3 Å². The average Bonchev–Trinajstić information content (AvgIpc) is 2.47. The third kappa shape index (κ3) is 4.78. The van der Waals surface area contributed by atoms with Crippen LogP contribution in [-0.4, -0.2) is 38.2 Å². The summed E-state index contributed by atoms with van der Waals surface area (Å²) in [7, 11) is 1.62. The summed E-state index contributed by atoms with van der Waals surface area (Å²) in [4.78, 5) is 2.32. The minimum atomic E-state index is -0.363. The number of ether oxygens (including phenoxy) is 1. The zero-order chi connectivity index (χ0) is 15.0. The minimum absolute atomic E-state index is 0.363. The number of hydrogen-bond acceptors (Lipinski definition) is 4. The van der Waals surface area contributed by atoms with Crippen LogP contribution in [0.25, 0.3) is 0 Å². The highest BCUT2D eigenvalue weighted by atomic mass is 79.9. The first-order valence-corrected chi connectivity index (χ1v) is 7.64. The second kappa shape index (κ2) is 8.96. The van der Waals surface area contributed by atoms with Crippen molar-refractivity contribution in [3.05, 3.63) is 28.2 Å². The molecule has 0 aromatic heterocycles. The van der Waals surface area contributed by atoms with Gasteiger partial charge >= 0.3 is 0 Å². The lowest BCUT2D eigenvalue weighted by molar-refractivity contribution is 0.299. The molecule has 0 saturated carbocycles. The van der Waals surface area contributed by atoms with E-state index in [4.69, 9.17) is 4.74 Å². The van der Waals surface area contributed by atoms with Crippen molar-refractivity contribution in [2.75, 3.05) is 33.3 Å². The molecular formula is C15H22BrN3O. The van der Waals surface area contributed by atoms with Gasteiger partial charge in [0.05, 0.1) is 13.2 Å². The molecule has 110 valence electrons. The number of rotatable bonds is 8. The monoisotopic (exact) mass is 339 g/mol. The van der Waals surface area contributed by atoms with Crippen molar-refractivity contribution in [1.29, 1.82) is 5.26 Å². The van der Waals surface area contributed by atoms with Crippen molar-refractivity contribution in [3.8, 4) is 11.8 Å². The lowest BCUT2D eigenvalue weighted by Crippen LogP contribution is -2.33. The molecule has 1 N–H and O–H groups in total. The van der Waals surface area contributed by atoms with Crippen molar-refractivity contribution < 1.29 is 4.74 Å². The van der Waals surface area contributed by atoms with E-state index in [-0.39, 0.29) is 6.04 Å². The van der Waals surface area contributed by atoms with Gasteiger partial charge < -0.3 is 9.64 Å². The van der Waals surface area contributed by atoms with E-state index in [0.29, 0.717) is 0 Å². The quantitative estimate of drug-likeness (QED) is 0.790. The maximum atomic E-state index is 9.37. The largest absolute Gasteiger partial charge is 0.496 e. The Balaban J connectivity index is 2.72. The van der Waals surface area contributed by atoms with Gasteiger partial charge in [0.2, 0.25) is 0 Å². The van der Waals surface area contributed by atoms with E-state index >= 15 is 0 Å². The molecule has 1 aromatic rings. The summed E-state index contributed by atoms with van der Waals surface area (Å²) < 4.78 is 6.27. The first-order valence-electron chi connectivity index (χ1n) is 6.85. The average molecular weight is 340 g/mol. The smallest absolute Gasteiger partial charge is 0.125 e. The van der Waals surface area contributed by atoms with Crippen molar-refractivity contribution in [2.45, 2.75) is 19.9 Å². The maximum Gasteiger partial charge on any atom is 0.125 e. The van der Waals surface area contributed by atoms with Gasteiger partial charge in [-0.05, 0) is 31.3 Å². The molecule has 0 spiro atoms. The molecule has 0 bridgehead atoms. The summed E-state index contributed by atoms with van der Waals surface area (Å²) in [6.45, 7) is 8.04. The molecule has 0 aliphatic heterocycles. The zero-order valence-electron chi connectivity index (χ0n) is 12.3. The highest BCUT2D eigenvalue weighted by Gasteiger charge is 2.15. The van der Waals surface area contributed by atoms with Gasteiger partial charge in [0.25, 0.3) is 0 Å². The van der Waals surface area contributed by atoms with Gasteiger partial charge in [-0.25, -0.2) is 0 Å². The maximum absolute atomic E-state index is 9.37. The summed E-state index contributed by atoms with van der Waals surface area (Å²) in [5.74, 6) is 0.732. The SMILES string of the molecule is CCN(CC)CCNC(C#N)c1cc(Br)ccc1OC.